The summed E-state index contributed by atoms with van der Waals surface area (Å²) in [7, 11) is -3.10. The van der Waals surface area contributed by atoms with Crippen LogP contribution in [0.3, 0.4) is 0 Å². The van der Waals surface area contributed by atoms with Gasteiger partial charge in [0, 0.05) is 46.2 Å². The third-order valence-electron chi connectivity index (χ3n) is 7.05. The Bertz CT molecular complexity index is 1500. The van der Waals surface area contributed by atoms with E-state index in [1.807, 2.05) is 24.3 Å². The third-order valence-corrected chi connectivity index (χ3v) is 8.88. The van der Waals surface area contributed by atoms with E-state index in [1.165, 1.54) is 4.57 Å². The van der Waals surface area contributed by atoms with Gasteiger partial charge in [-0.3, -0.25) is 0 Å². The van der Waals surface area contributed by atoms with Gasteiger partial charge in [-0.1, -0.05) is 13.0 Å². The Hall–Kier alpha value is -2.98. The fraction of sp³-hybridized carbons (Fsp3) is 0.464. The SMILES string of the molecule is CCS(=N)(=O)c1ccc(N2CCC(F)(F)C2)c(-c2cc3cc(C4COC4)ccc3n2C(=O)OC(C)(C)C)c1. The molecule has 0 spiro atoms. The quantitative estimate of drug-likeness (QED) is 0.397. The van der Waals surface area contributed by atoms with Gasteiger partial charge >= 0.3 is 6.09 Å². The number of alkyl halides is 2. The first-order valence-corrected chi connectivity index (χ1v) is 14.5. The molecule has 1 aromatic heterocycles. The molecule has 2 aliphatic heterocycles. The van der Waals surface area contributed by atoms with Crippen molar-refractivity contribution in [3.63, 3.8) is 0 Å². The van der Waals surface area contributed by atoms with E-state index in [9.17, 15) is 17.8 Å². The summed E-state index contributed by atoms with van der Waals surface area (Å²) >= 11 is 0. The number of benzene rings is 2. The molecular weight excluding hydrogens is 512 g/mol. The number of carbonyl (C=O) groups excluding carboxylic acids is 1. The normalized spacial score (nSPS) is 19.4. The molecule has 1 N–H and O–H groups in total. The Balaban J connectivity index is 1.75. The van der Waals surface area contributed by atoms with Crippen molar-refractivity contribution >= 4 is 32.4 Å². The molecule has 38 heavy (non-hydrogen) atoms. The van der Waals surface area contributed by atoms with Crippen LogP contribution in [0.4, 0.5) is 19.3 Å². The summed E-state index contributed by atoms with van der Waals surface area (Å²) < 4.78 is 62.5. The molecule has 3 aromatic rings. The van der Waals surface area contributed by atoms with Crippen molar-refractivity contribution in [2.24, 2.45) is 0 Å². The number of ether oxygens (including phenoxy) is 2. The number of aromatic nitrogens is 1. The van der Waals surface area contributed by atoms with Crippen LogP contribution in [-0.4, -0.2) is 58.4 Å². The Morgan fingerprint density at radius 1 is 1.18 bits per heavy atom. The monoisotopic (exact) mass is 545 g/mol. The molecule has 3 heterocycles. The fourth-order valence-corrected chi connectivity index (χ4v) is 5.86. The van der Waals surface area contributed by atoms with Gasteiger partial charge in [0.2, 0.25) is 0 Å². The predicted octanol–water partition coefficient (Wildman–Crippen LogP) is 6.48. The van der Waals surface area contributed by atoms with Crippen molar-refractivity contribution in [2.75, 3.05) is 37.0 Å². The van der Waals surface area contributed by atoms with E-state index in [0.717, 1.165) is 10.9 Å². The van der Waals surface area contributed by atoms with Crippen molar-refractivity contribution in [3.05, 3.63) is 48.0 Å². The summed E-state index contributed by atoms with van der Waals surface area (Å²) in [6.45, 7) is 7.96. The van der Waals surface area contributed by atoms with E-state index >= 15 is 0 Å². The van der Waals surface area contributed by atoms with Crippen LogP contribution in [0.5, 0.6) is 0 Å². The standard InChI is InChI=1S/C28H33F2N3O4S/c1-5-38(31,35)21-7-9-24(32-11-10-28(29,30)17-32)22(14-21)25-13-19-12-18(20-15-36-16-20)6-8-23(19)33(25)26(34)37-27(2,3)4/h6-9,12-14,20,31H,5,10-11,15-17H2,1-4H3. The minimum atomic E-state index is -3.10. The zero-order valence-corrected chi connectivity index (χ0v) is 22.9. The summed E-state index contributed by atoms with van der Waals surface area (Å²) in [5.74, 6) is -2.45. The lowest BCUT2D eigenvalue weighted by Crippen LogP contribution is -2.28. The van der Waals surface area contributed by atoms with Crippen LogP contribution < -0.4 is 4.90 Å². The summed E-state index contributed by atoms with van der Waals surface area (Å²) in [6, 6.07) is 12.5. The molecule has 7 nitrogen and oxygen atoms in total. The molecule has 0 aliphatic carbocycles. The topological polar surface area (TPSA) is 84.6 Å². The smallest absolute Gasteiger partial charge is 0.419 e. The number of halogens is 2. The second-order valence-corrected chi connectivity index (χ2v) is 13.5. The van der Waals surface area contributed by atoms with Gasteiger partial charge in [-0.15, -0.1) is 0 Å². The second-order valence-electron chi connectivity index (χ2n) is 11.1. The van der Waals surface area contributed by atoms with Gasteiger partial charge < -0.3 is 14.4 Å². The molecule has 10 heteroatoms. The maximum Gasteiger partial charge on any atom is 0.419 e. The number of anilines is 1. The van der Waals surface area contributed by atoms with Crippen molar-refractivity contribution in [3.8, 4) is 11.3 Å². The average molecular weight is 546 g/mol. The molecule has 2 fully saturated rings. The lowest BCUT2D eigenvalue weighted by Gasteiger charge is -2.26. The predicted molar refractivity (Wildman–Crippen MR) is 144 cm³/mol. The van der Waals surface area contributed by atoms with E-state index in [0.29, 0.717) is 35.7 Å². The zero-order chi connectivity index (χ0) is 27.5. The van der Waals surface area contributed by atoms with Gasteiger partial charge in [0.15, 0.2) is 0 Å². The molecule has 2 saturated heterocycles. The minimum absolute atomic E-state index is 0.107. The van der Waals surface area contributed by atoms with Crippen LogP contribution in [0.25, 0.3) is 22.2 Å². The molecule has 0 bridgehead atoms. The van der Waals surface area contributed by atoms with Gasteiger partial charge in [0.1, 0.15) is 5.60 Å². The Morgan fingerprint density at radius 3 is 2.50 bits per heavy atom. The minimum Gasteiger partial charge on any atom is -0.443 e. The lowest BCUT2D eigenvalue weighted by molar-refractivity contribution is 0.00847. The lowest BCUT2D eigenvalue weighted by atomic mass is 9.96. The van der Waals surface area contributed by atoms with Gasteiger partial charge in [-0.05, 0) is 62.7 Å². The van der Waals surface area contributed by atoms with Crippen LogP contribution in [-0.2, 0) is 19.2 Å². The third kappa shape index (κ3) is 5.03. The average Bonchev–Trinajstić information content (AvgIpc) is 3.35. The fourth-order valence-electron chi connectivity index (χ4n) is 4.93. The first kappa shape index (κ1) is 26.6. The number of nitrogens with zero attached hydrogens (tertiary/aromatic N) is 2. The highest BCUT2D eigenvalue weighted by molar-refractivity contribution is 7.92. The Kier molecular flexibility index (Phi) is 6.54. The molecule has 0 saturated carbocycles. The molecular formula is C28H33F2N3O4S. The van der Waals surface area contributed by atoms with Gasteiger partial charge in [-0.2, -0.15) is 0 Å². The number of nitrogens with one attached hydrogen (secondary N) is 1. The Labute approximate surface area is 221 Å². The molecule has 5 rings (SSSR count). The van der Waals surface area contributed by atoms with Crippen LogP contribution in [0.1, 0.15) is 45.6 Å². The zero-order valence-electron chi connectivity index (χ0n) is 22.1. The van der Waals surface area contributed by atoms with Crippen molar-refractivity contribution in [1.29, 1.82) is 4.78 Å². The van der Waals surface area contributed by atoms with Crippen LogP contribution in [0.2, 0.25) is 0 Å². The first-order valence-electron chi connectivity index (χ1n) is 12.8. The molecule has 2 aromatic carbocycles. The summed E-state index contributed by atoms with van der Waals surface area (Å²) in [4.78, 5) is 15.5. The van der Waals surface area contributed by atoms with E-state index in [1.54, 1.807) is 50.8 Å². The summed E-state index contributed by atoms with van der Waals surface area (Å²) in [6.07, 6.45) is -0.882. The number of carbonyl (C=O) groups is 1. The van der Waals surface area contributed by atoms with E-state index in [2.05, 4.69) is 0 Å². The number of hydrogen-bond donors (Lipinski definition) is 1. The summed E-state index contributed by atoms with van der Waals surface area (Å²) in [5.41, 5.74) is 2.33. The van der Waals surface area contributed by atoms with E-state index < -0.39 is 33.9 Å². The molecule has 1 unspecified atom stereocenters. The highest BCUT2D eigenvalue weighted by Crippen LogP contribution is 2.41. The van der Waals surface area contributed by atoms with E-state index in [4.69, 9.17) is 14.3 Å². The van der Waals surface area contributed by atoms with Crippen LogP contribution in [0, 0.1) is 4.78 Å². The number of hydrogen-bond acceptors (Lipinski definition) is 6. The molecule has 204 valence electrons. The van der Waals surface area contributed by atoms with Crippen LogP contribution in [0.15, 0.2) is 47.4 Å². The second kappa shape index (κ2) is 9.34. The van der Waals surface area contributed by atoms with Crippen molar-refractivity contribution < 1.29 is 27.3 Å². The number of fused-ring (bicyclic) bond motifs is 1. The highest BCUT2D eigenvalue weighted by atomic mass is 32.2. The molecule has 0 amide bonds. The maximum absolute atomic E-state index is 14.3. The van der Waals surface area contributed by atoms with Crippen molar-refractivity contribution in [2.45, 2.75) is 56.5 Å². The largest absolute Gasteiger partial charge is 0.443 e. The maximum atomic E-state index is 14.3. The molecule has 2 aliphatic rings. The Morgan fingerprint density at radius 2 is 1.92 bits per heavy atom. The van der Waals surface area contributed by atoms with Crippen molar-refractivity contribution in [1.82, 2.24) is 4.57 Å². The first-order chi connectivity index (χ1) is 17.8. The molecule has 0 radical (unpaired) electrons. The summed E-state index contributed by atoms with van der Waals surface area (Å²) in [5, 5.41) is 0.792. The van der Waals surface area contributed by atoms with E-state index in [-0.39, 0.29) is 29.5 Å². The van der Waals surface area contributed by atoms with Crippen LogP contribution >= 0.6 is 0 Å². The number of rotatable bonds is 5. The molecule has 1 atom stereocenters. The van der Waals surface area contributed by atoms with Gasteiger partial charge in [0.25, 0.3) is 5.92 Å². The van der Waals surface area contributed by atoms with Gasteiger partial charge in [-0.25, -0.2) is 27.1 Å². The van der Waals surface area contributed by atoms with Gasteiger partial charge in [0.05, 0.1) is 40.7 Å². The highest BCUT2D eigenvalue weighted by Gasteiger charge is 2.39.